The summed E-state index contributed by atoms with van der Waals surface area (Å²) >= 11 is 0. The molecule has 0 atom stereocenters. The number of hydrogen-bond donors (Lipinski definition) is 2. The minimum atomic E-state index is -0.148. The maximum absolute atomic E-state index is 11.8. The molecule has 1 aliphatic carbocycles. The van der Waals surface area contributed by atoms with E-state index in [1.165, 1.54) is 5.56 Å². The van der Waals surface area contributed by atoms with Gasteiger partial charge in [0.15, 0.2) is 11.5 Å². The number of anilines is 2. The number of aromatic nitrogens is 2. The predicted octanol–water partition coefficient (Wildman–Crippen LogP) is 2.67. The van der Waals surface area contributed by atoms with Gasteiger partial charge in [-0.05, 0) is 43.0 Å². The van der Waals surface area contributed by atoms with E-state index < -0.39 is 0 Å². The number of benzene rings is 1. The topological polar surface area (TPSA) is 66.9 Å². The van der Waals surface area contributed by atoms with Gasteiger partial charge in [-0.25, -0.2) is 0 Å². The van der Waals surface area contributed by atoms with Gasteiger partial charge in [-0.15, -0.1) is 10.2 Å². The Kier molecular flexibility index (Phi) is 3.81. The number of carbonyl (C=O) groups excluding carboxylic acids is 1. The highest BCUT2D eigenvalue weighted by molar-refractivity contribution is 5.92. The van der Waals surface area contributed by atoms with Crippen LogP contribution in [0.2, 0.25) is 0 Å². The largest absolute Gasteiger partial charge is 0.348 e. The van der Waals surface area contributed by atoms with Gasteiger partial charge in [0.05, 0.1) is 0 Å². The number of para-hydroxylation sites is 1. The molecule has 0 spiro atoms. The summed E-state index contributed by atoms with van der Waals surface area (Å²) in [5, 5.41) is 14.2. The van der Waals surface area contributed by atoms with Crippen molar-refractivity contribution in [3.8, 4) is 0 Å². The average Bonchev–Trinajstić information content (AvgIpc) is 3.32. The van der Waals surface area contributed by atoms with E-state index in [9.17, 15) is 4.79 Å². The van der Waals surface area contributed by atoms with Crippen molar-refractivity contribution in [1.29, 1.82) is 0 Å². The van der Waals surface area contributed by atoms with Gasteiger partial charge >= 0.3 is 0 Å². The lowest BCUT2D eigenvalue weighted by atomic mass is 10.1. The first-order valence-electron chi connectivity index (χ1n) is 7.26. The van der Waals surface area contributed by atoms with Gasteiger partial charge in [-0.1, -0.05) is 25.1 Å². The Balaban J connectivity index is 1.70. The molecule has 108 valence electrons. The van der Waals surface area contributed by atoms with E-state index in [1.807, 2.05) is 18.2 Å². The van der Waals surface area contributed by atoms with E-state index in [4.69, 9.17) is 0 Å². The van der Waals surface area contributed by atoms with Gasteiger partial charge in [0.2, 0.25) is 0 Å². The van der Waals surface area contributed by atoms with Gasteiger partial charge < -0.3 is 10.6 Å². The molecule has 0 radical (unpaired) electrons. The first kappa shape index (κ1) is 13.5. The van der Waals surface area contributed by atoms with Crippen LogP contribution in [0.25, 0.3) is 0 Å². The minimum Gasteiger partial charge on any atom is -0.348 e. The van der Waals surface area contributed by atoms with Crippen molar-refractivity contribution < 1.29 is 4.79 Å². The van der Waals surface area contributed by atoms with Gasteiger partial charge in [0.1, 0.15) is 0 Å². The van der Waals surface area contributed by atoms with Crippen molar-refractivity contribution in [2.45, 2.75) is 32.2 Å². The second-order valence-electron chi connectivity index (χ2n) is 5.19. The second kappa shape index (κ2) is 5.91. The van der Waals surface area contributed by atoms with Crippen molar-refractivity contribution >= 4 is 17.4 Å². The molecule has 5 heteroatoms. The maximum Gasteiger partial charge on any atom is 0.272 e. The Labute approximate surface area is 123 Å². The SMILES string of the molecule is CCc1ccccc1Nc1ccc(C(=O)NC2CC2)nn1. The highest BCUT2D eigenvalue weighted by atomic mass is 16.2. The fourth-order valence-corrected chi connectivity index (χ4v) is 2.10. The Hall–Kier alpha value is -2.43. The number of amides is 1. The molecule has 2 aromatic rings. The van der Waals surface area contributed by atoms with Crippen LogP contribution < -0.4 is 10.6 Å². The summed E-state index contributed by atoms with van der Waals surface area (Å²) in [6.07, 6.45) is 3.07. The van der Waals surface area contributed by atoms with Crippen molar-refractivity contribution in [2.75, 3.05) is 5.32 Å². The van der Waals surface area contributed by atoms with Gasteiger partial charge in [0, 0.05) is 11.7 Å². The number of hydrogen-bond acceptors (Lipinski definition) is 4. The Bertz CT molecular complexity index is 635. The highest BCUT2D eigenvalue weighted by Crippen LogP contribution is 2.20. The minimum absolute atomic E-state index is 0.148. The monoisotopic (exact) mass is 282 g/mol. The van der Waals surface area contributed by atoms with Crippen LogP contribution >= 0.6 is 0 Å². The summed E-state index contributed by atoms with van der Waals surface area (Å²) in [6, 6.07) is 11.9. The molecule has 1 fully saturated rings. The van der Waals surface area contributed by atoms with E-state index in [2.05, 4.69) is 33.8 Å². The highest BCUT2D eigenvalue weighted by Gasteiger charge is 2.24. The third-order valence-corrected chi connectivity index (χ3v) is 3.47. The number of aryl methyl sites for hydroxylation is 1. The van der Waals surface area contributed by atoms with Crippen molar-refractivity contribution in [3.05, 3.63) is 47.7 Å². The number of nitrogens with zero attached hydrogens (tertiary/aromatic N) is 2. The van der Waals surface area contributed by atoms with Crippen molar-refractivity contribution in [1.82, 2.24) is 15.5 Å². The van der Waals surface area contributed by atoms with Crippen LogP contribution in [0, 0.1) is 0 Å². The van der Waals surface area contributed by atoms with Gasteiger partial charge in [0.25, 0.3) is 5.91 Å². The molecular formula is C16H18N4O. The van der Waals surface area contributed by atoms with Crippen LogP contribution in [0.1, 0.15) is 35.8 Å². The molecule has 5 nitrogen and oxygen atoms in total. The smallest absolute Gasteiger partial charge is 0.272 e. The molecule has 3 rings (SSSR count). The van der Waals surface area contributed by atoms with E-state index in [1.54, 1.807) is 12.1 Å². The van der Waals surface area contributed by atoms with Crippen LogP contribution in [-0.2, 0) is 6.42 Å². The maximum atomic E-state index is 11.8. The molecule has 0 unspecified atom stereocenters. The molecule has 1 saturated carbocycles. The fourth-order valence-electron chi connectivity index (χ4n) is 2.10. The summed E-state index contributed by atoms with van der Waals surface area (Å²) in [7, 11) is 0. The third-order valence-electron chi connectivity index (χ3n) is 3.47. The summed E-state index contributed by atoms with van der Waals surface area (Å²) < 4.78 is 0. The summed E-state index contributed by atoms with van der Waals surface area (Å²) in [5.74, 6) is 0.490. The number of rotatable bonds is 5. The van der Waals surface area contributed by atoms with Crippen LogP contribution in [0.5, 0.6) is 0 Å². The lowest BCUT2D eigenvalue weighted by molar-refractivity contribution is 0.0945. The fraction of sp³-hybridized carbons (Fsp3) is 0.312. The van der Waals surface area contributed by atoms with E-state index in [0.717, 1.165) is 24.9 Å². The first-order chi connectivity index (χ1) is 10.3. The van der Waals surface area contributed by atoms with E-state index in [-0.39, 0.29) is 5.91 Å². The van der Waals surface area contributed by atoms with E-state index >= 15 is 0 Å². The molecule has 1 heterocycles. The molecule has 21 heavy (non-hydrogen) atoms. The molecule has 1 aromatic carbocycles. The Morgan fingerprint density at radius 3 is 2.67 bits per heavy atom. The molecule has 0 bridgehead atoms. The number of nitrogens with one attached hydrogen (secondary N) is 2. The molecule has 1 amide bonds. The van der Waals surface area contributed by atoms with Crippen LogP contribution in [0.15, 0.2) is 36.4 Å². The molecule has 1 aromatic heterocycles. The molecule has 2 N–H and O–H groups in total. The average molecular weight is 282 g/mol. The van der Waals surface area contributed by atoms with E-state index in [0.29, 0.717) is 17.6 Å². The predicted molar refractivity (Wildman–Crippen MR) is 81.6 cm³/mol. The quantitative estimate of drug-likeness (QED) is 0.884. The Morgan fingerprint density at radius 1 is 1.19 bits per heavy atom. The lowest BCUT2D eigenvalue weighted by Crippen LogP contribution is -2.26. The zero-order valence-electron chi connectivity index (χ0n) is 12.0. The molecule has 0 saturated heterocycles. The summed E-state index contributed by atoms with van der Waals surface area (Å²) in [5.41, 5.74) is 2.59. The summed E-state index contributed by atoms with van der Waals surface area (Å²) in [6.45, 7) is 2.11. The summed E-state index contributed by atoms with van der Waals surface area (Å²) in [4.78, 5) is 11.8. The Morgan fingerprint density at radius 2 is 2.00 bits per heavy atom. The van der Waals surface area contributed by atoms with Gasteiger partial charge in [-0.2, -0.15) is 0 Å². The van der Waals surface area contributed by atoms with Crippen LogP contribution in [0.4, 0.5) is 11.5 Å². The van der Waals surface area contributed by atoms with Crippen molar-refractivity contribution in [3.63, 3.8) is 0 Å². The normalized spacial score (nSPS) is 13.8. The third kappa shape index (κ3) is 3.37. The molecular weight excluding hydrogens is 264 g/mol. The first-order valence-corrected chi connectivity index (χ1v) is 7.26. The van der Waals surface area contributed by atoms with Gasteiger partial charge in [-0.3, -0.25) is 4.79 Å². The zero-order chi connectivity index (χ0) is 14.7. The zero-order valence-corrected chi connectivity index (χ0v) is 12.0. The number of carbonyl (C=O) groups is 1. The molecule has 1 aliphatic rings. The van der Waals surface area contributed by atoms with Crippen LogP contribution in [-0.4, -0.2) is 22.1 Å². The standard InChI is InChI=1S/C16H18N4O/c1-2-11-5-3-4-6-13(11)18-15-10-9-14(19-20-15)16(21)17-12-7-8-12/h3-6,9-10,12H,2,7-8H2,1H3,(H,17,21)(H,18,20). The van der Waals surface area contributed by atoms with Crippen molar-refractivity contribution in [2.24, 2.45) is 0 Å². The van der Waals surface area contributed by atoms with Crippen LogP contribution in [0.3, 0.4) is 0 Å². The lowest BCUT2D eigenvalue weighted by Gasteiger charge is -2.09. The molecule has 0 aliphatic heterocycles. The second-order valence-corrected chi connectivity index (χ2v) is 5.19.